The minimum absolute atomic E-state index is 0.172. The number of hydrogen-bond acceptors (Lipinski definition) is 3. The Bertz CT molecular complexity index is 169. The number of hydrogen-bond donors (Lipinski definition) is 2. The van der Waals surface area contributed by atoms with Crippen molar-refractivity contribution in [1.29, 1.82) is 0 Å². The molecule has 3 nitrogen and oxygen atoms in total. The van der Waals surface area contributed by atoms with E-state index in [0.29, 0.717) is 16.9 Å². The lowest BCUT2D eigenvalue weighted by Gasteiger charge is -2.27. The van der Waals surface area contributed by atoms with E-state index < -0.39 is 0 Å². The molecular weight excluding hydrogens is 184 g/mol. The third-order valence-corrected chi connectivity index (χ3v) is 3.10. The topological polar surface area (TPSA) is 41.1 Å². The van der Waals surface area contributed by atoms with Crippen molar-refractivity contribution >= 4 is 17.7 Å². The van der Waals surface area contributed by atoms with Crippen LogP contribution in [0.15, 0.2) is 0 Å². The van der Waals surface area contributed by atoms with Crippen molar-refractivity contribution in [3.05, 3.63) is 0 Å². The van der Waals surface area contributed by atoms with Gasteiger partial charge >= 0.3 is 0 Å². The molecule has 0 unspecified atom stereocenters. The molecule has 0 spiro atoms. The van der Waals surface area contributed by atoms with Gasteiger partial charge in [0, 0.05) is 25.6 Å². The van der Waals surface area contributed by atoms with Gasteiger partial charge in [-0.25, -0.2) is 0 Å². The van der Waals surface area contributed by atoms with E-state index in [9.17, 15) is 4.79 Å². The Morgan fingerprint density at radius 3 is 2.77 bits per heavy atom. The molecule has 1 saturated heterocycles. The molecule has 1 amide bonds. The maximum atomic E-state index is 11.2. The van der Waals surface area contributed by atoms with Gasteiger partial charge < -0.3 is 10.6 Å². The van der Waals surface area contributed by atoms with Crippen molar-refractivity contribution in [3.63, 3.8) is 0 Å². The van der Waals surface area contributed by atoms with Gasteiger partial charge in [0.25, 0.3) is 0 Å². The summed E-state index contributed by atoms with van der Waals surface area (Å²) in [6.07, 6.45) is 0. The first-order valence-electron chi connectivity index (χ1n) is 4.77. The molecule has 1 heterocycles. The average Bonchev–Trinajstić information content (AvgIpc) is 1.98. The van der Waals surface area contributed by atoms with Crippen LogP contribution < -0.4 is 10.6 Å². The molecule has 1 aliphatic heterocycles. The second kappa shape index (κ2) is 5.50. The SMILES string of the molecule is CC(C)SCC(=O)NCC1CNC1. The highest BCUT2D eigenvalue weighted by Crippen LogP contribution is 2.08. The van der Waals surface area contributed by atoms with Gasteiger partial charge in [-0.15, -0.1) is 11.8 Å². The Morgan fingerprint density at radius 1 is 1.62 bits per heavy atom. The molecule has 0 radical (unpaired) electrons. The first-order valence-corrected chi connectivity index (χ1v) is 5.82. The molecule has 0 atom stereocenters. The van der Waals surface area contributed by atoms with Crippen molar-refractivity contribution in [2.75, 3.05) is 25.4 Å². The van der Waals surface area contributed by atoms with Crippen molar-refractivity contribution in [2.45, 2.75) is 19.1 Å². The van der Waals surface area contributed by atoms with Crippen LogP contribution in [0.25, 0.3) is 0 Å². The van der Waals surface area contributed by atoms with Crippen molar-refractivity contribution < 1.29 is 4.79 Å². The molecule has 4 heteroatoms. The predicted octanol–water partition coefficient (Wildman–Crippen LogP) is 0.464. The van der Waals surface area contributed by atoms with E-state index in [2.05, 4.69) is 24.5 Å². The summed E-state index contributed by atoms with van der Waals surface area (Å²) in [5.74, 6) is 1.43. The zero-order valence-electron chi connectivity index (χ0n) is 8.30. The molecule has 1 aliphatic rings. The van der Waals surface area contributed by atoms with Crippen LogP contribution in [0.5, 0.6) is 0 Å². The largest absolute Gasteiger partial charge is 0.355 e. The van der Waals surface area contributed by atoms with Crippen LogP contribution in [0.3, 0.4) is 0 Å². The van der Waals surface area contributed by atoms with Crippen LogP contribution >= 0.6 is 11.8 Å². The molecule has 1 rings (SSSR count). The fourth-order valence-corrected chi connectivity index (χ4v) is 1.63. The fourth-order valence-electron chi connectivity index (χ4n) is 1.04. The van der Waals surface area contributed by atoms with Gasteiger partial charge in [-0.2, -0.15) is 0 Å². The smallest absolute Gasteiger partial charge is 0.230 e. The van der Waals surface area contributed by atoms with E-state index in [0.717, 1.165) is 19.6 Å². The lowest BCUT2D eigenvalue weighted by Crippen LogP contribution is -2.48. The summed E-state index contributed by atoms with van der Waals surface area (Å²) in [7, 11) is 0. The molecule has 0 aliphatic carbocycles. The molecular formula is C9H18N2OS. The molecule has 1 fully saturated rings. The van der Waals surface area contributed by atoms with Crippen molar-refractivity contribution in [3.8, 4) is 0 Å². The van der Waals surface area contributed by atoms with Gasteiger partial charge in [-0.1, -0.05) is 13.8 Å². The Kier molecular flexibility index (Phi) is 4.59. The van der Waals surface area contributed by atoms with E-state index in [-0.39, 0.29) is 5.91 Å². The second-order valence-corrected chi connectivity index (χ2v) is 5.25. The first-order chi connectivity index (χ1) is 6.18. The quantitative estimate of drug-likeness (QED) is 0.680. The predicted molar refractivity (Wildman–Crippen MR) is 57.0 cm³/mol. The third-order valence-electron chi connectivity index (χ3n) is 2.00. The lowest BCUT2D eigenvalue weighted by molar-refractivity contribution is -0.118. The first kappa shape index (κ1) is 10.9. The van der Waals surface area contributed by atoms with Crippen LogP contribution in [0.4, 0.5) is 0 Å². The molecule has 0 saturated carbocycles. The molecule has 76 valence electrons. The Morgan fingerprint density at radius 2 is 2.31 bits per heavy atom. The number of carbonyl (C=O) groups excluding carboxylic acids is 1. The molecule has 13 heavy (non-hydrogen) atoms. The molecule has 0 aromatic heterocycles. The highest BCUT2D eigenvalue weighted by Gasteiger charge is 2.16. The summed E-state index contributed by atoms with van der Waals surface area (Å²) in [6, 6.07) is 0. The Balaban J connectivity index is 1.97. The summed E-state index contributed by atoms with van der Waals surface area (Å²) < 4.78 is 0. The van der Waals surface area contributed by atoms with Gasteiger partial charge in [0.1, 0.15) is 0 Å². The van der Waals surface area contributed by atoms with E-state index in [1.807, 2.05) is 0 Å². The number of thioether (sulfide) groups is 1. The Hall–Kier alpha value is -0.220. The van der Waals surface area contributed by atoms with E-state index >= 15 is 0 Å². The van der Waals surface area contributed by atoms with E-state index in [1.165, 1.54) is 0 Å². The zero-order valence-corrected chi connectivity index (χ0v) is 9.12. The van der Waals surface area contributed by atoms with Crippen molar-refractivity contribution in [2.24, 2.45) is 5.92 Å². The zero-order chi connectivity index (χ0) is 9.68. The van der Waals surface area contributed by atoms with Crippen LogP contribution in [-0.2, 0) is 4.79 Å². The highest BCUT2D eigenvalue weighted by molar-refractivity contribution is 8.00. The maximum Gasteiger partial charge on any atom is 0.230 e. The summed E-state index contributed by atoms with van der Waals surface area (Å²) in [4.78, 5) is 11.2. The highest BCUT2D eigenvalue weighted by atomic mass is 32.2. The maximum absolute atomic E-state index is 11.2. The normalized spacial score (nSPS) is 17.2. The number of carbonyl (C=O) groups is 1. The number of nitrogens with one attached hydrogen (secondary N) is 2. The molecule has 2 N–H and O–H groups in total. The van der Waals surface area contributed by atoms with Gasteiger partial charge in [0.15, 0.2) is 0 Å². The molecule has 0 aromatic rings. The van der Waals surface area contributed by atoms with E-state index in [4.69, 9.17) is 0 Å². The van der Waals surface area contributed by atoms with Crippen LogP contribution in [0.2, 0.25) is 0 Å². The van der Waals surface area contributed by atoms with Crippen molar-refractivity contribution in [1.82, 2.24) is 10.6 Å². The minimum Gasteiger partial charge on any atom is -0.355 e. The Labute approximate surface area is 84.0 Å². The number of rotatable bonds is 5. The van der Waals surface area contributed by atoms with Crippen LogP contribution in [0.1, 0.15) is 13.8 Å². The standard InChI is InChI=1S/C9H18N2OS/c1-7(2)13-6-9(12)11-5-8-3-10-4-8/h7-8,10H,3-6H2,1-2H3,(H,11,12). The van der Waals surface area contributed by atoms with Gasteiger partial charge in [0.2, 0.25) is 5.91 Å². The summed E-state index contributed by atoms with van der Waals surface area (Å²) in [6.45, 7) is 7.15. The molecule has 0 aromatic carbocycles. The van der Waals surface area contributed by atoms with Crippen LogP contribution in [0, 0.1) is 5.92 Å². The fraction of sp³-hybridized carbons (Fsp3) is 0.889. The summed E-state index contributed by atoms with van der Waals surface area (Å²) in [5, 5.41) is 6.66. The van der Waals surface area contributed by atoms with Gasteiger partial charge in [0.05, 0.1) is 5.75 Å². The summed E-state index contributed by atoms with van der Waals surface area (Å²) in [5.41, 5.74) is 0. The minimum atomic E-state index is 0.172. The van der Waals surface area contributed by atoms with Gasteiger partial charge in [-0.3, -0.25) is 4.79 Å². The lowest BCUT2D eigenvalue weighted by atomic mass is 10.0. The monoisotopic (exact) mass is 202 g/mol. The van der Waals surface area contributed by atoms with E-state index in [1.54, 1.807) is 11.8 Å². The third kappa shape index (κ3) is 4.52. The van der Waals surface area contributed by atoms with Crippen LogP contribution in [-0.4, -0.2) is 36.5 Å². The average molecular weight is 202 g/mol. The second-order valence-electron chi connectivity index (χ2n) is 3.69. The number of amides is 1. The van der Waals surface area contributed by atoms with Gasteiger partial charge in [-0.05, 0) is 5.25 Å². The summed E-state index contributed by atoms with van der Waals surface area (Å²) >= 11 is 1.69. The molecule has 0 bridgehead atoms.